The molecule has 92 valence electrons. The van der Waals surface area contributed by atoms with E-state index in [1.165, 1.54) is 0 Å². The number of rotatable bonds is 3. The summed E-state index contributed by atoms with van der Waals surface area (Å²) in [5.74, 6) is 0. The van der Waals surface area contributed by atoms with Gasteiger partial charge in [-0.25, -0.2) is 4.68 Å². The lowest BCUT2D eigenvalue weighted by Gasteiger charge is -2.22. The van der Waals surface area contributed by atoms with Gasteiger partial charge in [-0.3, -0.25) is 9.48 Å². The molecule has 0 saturated heterocycles. The number of hydrogen-bond acceptors (Lipinski definition) is 2. The molecule has 2 N–H and O–H groups in total. The van der Waals surface area contributed by atoms with Crippen molar-refractivity contribution >= 4 is 5.69 Å². The van der Waals surface area contributed by atoms with Crippen LogP contribution in [0.2, 0.25) is 0 Å². The van der Waals surface area contributed by atoms with E-state index < -0.39 is 0 Å². The summed E-state index contributed by atoms with van der Waals surface area (Å²) in [6.07, 6.45) is 0.937. The van der Waals surface area contributed by atoms with Crippen molar-refractivity contribution < 1.29 is 0 Å². The van der Waals surface area contributed by atoms with Crippen LogP contribution in [0.3, 0.4) is 0 Å². The van der Waals surface area contributed by atoms with Crippen molar-refractivity contribution in [3.8, 4) is 0 Å². The quantitative estimate of drug-likeness (QED) is 0.855. The van der Waals surface area contributed by atoms with Crippen LogP contribution in [-0.2, 0) is 18.5 Å². The van der Waals surface area contributed by atoms with Crippen LogP contribution < -0.4 is 11.3 Å². The summed E-state index contributed by atoms with van der Waals surface area (Å²) in [6.45, 7) is 11.9. The van der Waals surface area contributed by atoms with E-state index in [0.29, 0.717) is 5.69 Å². The Morgan fingerprint density at radius 3 is 2.12 bits per heavy atom. The summed E-state index contributed by atoms with van der Waals surface area (Å²) in [5, 5.41) is 0. The first-order valence-corrected chi connectivity index (χ1v) is 5.94. The maximum atomic E-state index is 12.0. The van der Waals surface area contributed by atoms with E-state index in [1.54, 1.807) is 4.68 Å². The molecule has 0 fully saturated rings. The molecule has 1 rings (SSSR count). The highest BCUT2D eigenvalue weighted by molar-refractivity contribution is 5.45. The molecule has 0 aliphatic rings. The predicted octanol–water partition coefficient (Wildman–Crippen LogP) is 1.96. The van der Waals surface area contributed by atoms with E-state index in [9.17, 15) is 4.79 Å². The van der Waals surface area contributed by atoms with Crippen LogP contribution in [0.25, 0.3) is 0 Å². The lowest BCUT2D eigenvalue weighted by Crippen LogP contribution is -2.25. The average Bonchev–Trinajstić information content (AvgIpc) is 2.41. The number of nitrogen functional groups attached to an aromatic ring is 1. The summed E-state index contributed by atoms with van der Waals surface area (Å²) in [5.41, 5.74) is 7.15. The van der Waals surface area contributed by atoms with Crippen LogP contribution in [0.15, 0.2) is 4.79 Å². The molecule has 0 aliphatic carbocycles. The Balaban J connectivity index is 3.50. The van der Waals surface area contributed by atoms with Gasteiger partial charge in [0.25, 0.3) is 5.56 Å². The molecule has 0 amide bonds. The van der Waals surface area contributed by atoms with E-state index in [4.69, 9.17) is 5.73 Å². The fourth-order valence-electron chi connectivity index (χ4n) is 2.16. The third-order valence-electron chi connectivity index (χ3n) is 2.71. The van der Waals surface area contributed by atoms with Gasteiger partial charge in [0.15, 0.2) is 0 Å². The van der Waals surface area contributed by atoms with E-state index in [1.807, 2.05) is 11.6 Å². The first-order chi connectivity index (χ1) is 7.34. The molecule has 16 heavy (non-hydrogen) atoms. The fraction of sp³-hybridized carbons (Fsp3) is 0.750. The molecular weight excluding hydrogens is 202 g/mol. The molecule has 1 aromatic heterocycles. The van der Waals surface area contributed by atoms with Crippen LogP contribution >= 0.6 is 0 Å². The topological polar surface area (TPSA) is 52.9 Å². The van der Waals surface area contributed by atoms with E-state index in [2.05, 4.69) is 27.7 Å². The molecule has 1 heterocycles. The van der Waals surface area contributed by atoms with Crippen LogP contribution in [0, 0.1) is 0 Å². The zero-order valence-electron chi connectivity index (χ0n) is 11.0. The minimum absolute atomic E-state index is 0.0476. The molecular formula is C12H23N3O. The molecule has 1 aromatic rings. The van der Waals surface area contributed by atoms with Crippen molar-refractivity contribution in [2.75, 3.05) is 5.73 Å². The number of anilines is 1. The van der Waals surface area contributed by atoms with Gasteiger partial charge in [-0.05, 0) is 13.3 Å². The second kappa shape index (κ2) is 4.36. The Hall–Kier alpha value is -1.19. The van der Waals surface area contributed by atoms with Gasteiger partial charge in [0.1, 0.15) is 5.69 Å². The summed E-state index contributed by atoms with van der Waals surface area (Å²) in [7, 11) is 0. The van der Waals surface area contributed by atoms with E-state index >= 15 is 0 Å². The lowest BCUT2D eigenvalue weighted by molar-refractivity contribution is 0.408. The summed E-state index contributed by atoms with van der Waals surface area (Å²) >= 11 is 0. The Kier molecular flexibility index (Phi) is 3.51. The molecule has 0 unspecified atom stereocenters. The largest absolute Gasteiger partial charge is 0.393 e. The van der Waals surface area contributed by atoms with E-state index in [0.717, 1.165) is 25.2 Å². The van der Waals surface area contributed by atoms with Crippen molar-refractivity contribution in [3.05, 3.63) is 16.0 Å². The third-order valence-corrected chi connectivity index (χ3v) is 2.71. The third kappa shape index (κ3) is 2.01. The summed E-state index contributed by atoms with van der Waals surface area (Å²) < 4.78 is 3.77. The molecule has 0 bridgehead atoms. The van der Waals surface area contributed by atoms with Crippen molar-refractivity contribution in [2.24, 2.45) is 0 Å². The Morgan fingerprint density at radius 2 is 1.75 bits per heavy atom. The minimum Gasteiger partial charge on any atom is -0.393 e. The van der Waals surface area contributed by atoms with Crippen LogP contribution in [-0.4, -0.2) is 9.36 Å². The number of hydrogen-bond donors (Lipinski definition) is 1. The Labute approximate surface area is 97.0 Å². The van der Waals surface area contributed by atoms with Gasteiger partial charge in [0, 0.05) is 18.5 Å². The van der Waals surface area contributed by atoms with Crippen molar-refractivity contribution in [1.82, 2.24) is 9.36 Å². The standard InChI is InChI=1S/C12H23N3O/c1-6-8-15-11(16)9(13)10(12(3,4)5)14(15)7-2/h6-8,13H2,1-5H3. The molecule has 0 aliphatic heterocycles. The van der Waals surface area contributed by atoms with Gasteiger partial charge in [0.2, 0.25) is 0 Å². The number of aromatic nitrogens is 2. The highest BCUT2D eigenvalue weighted by Gasteiger charge is 2.26. The zero-order valence-corrected chi connectivity index (χ0v) is 11.0. The molecule has 4 nitrogen and oxygen atoms in total. The predicted molar refractivity (Wildman–Crippen MR) is 67.8 cm³/mol. The van der Waals surface area contributed by atoms with Gasteiger partial charge < -0.3 is 5.73 Å². The summed E-state index contributed by atoms with van der Waals surface area (Å²) in [6, 6.07) is 0. The van der Waals surface area contributed by atoms with E-state index in [-0.39, 0.29) is 11.0 Å². The molecule has 0 aromatic carbocycles. The molecule has 0 radical (unpaired) electrons. The summed E-state index contributed by atoms with van der Waals surface area (Å²) in [4.78, 5) is 12.0. The van der Waals surface area contributed by atoms with Crippen molar-refractivity contribution in [3.63, 3.8) is 0 Å². The van der Waals surface area contributed by atoms with Gasteiger partial charge in [-0.2, -0.15) is 0 Å². The van der Waals surface area contributed by atoms with Gasteiger partial charge in [0.05, 0.1) is 5.69 Å². The van der Waals surface area contributed by atoms with Crippen molar-refractivity contribution in [1.29, 1.82) is 0 Å². The van der Waals surface area contributed by atoms with Crippen LogP contribution in [0.5, 0.6) is 0 Å². The maximum absolute atomic E-state index is 12.0. The number of nitrogens with two attached hydrogens (primary N) is 1. The molecule has 0 saturated carbocycles. The average molecular weight is 225 g/mol. The monoisotopic (exact) mass is 225 g/mol. The lowest BCUT2D eigenvalue weighted by atomic mass is 9.91. The first-order valence-electron chi connectivity index (χ1n) is 5.94. The fourth-order valence-corrected chi connectivity index (χ4v) is 2.16. The molecule has 4 heteroatoms. The normalized spacial score (nSPS) is 12.1. The second-order valence-corrected chi connectivity index (χ2v) is 5.16. The zero-order chi connectivity index (χ0) is 12.5. The highest BCUT2D eigenvalue weighted by Crippen LogP contribution is 2.26. The minimum atomic E-state index is -0.0990. The van der Waals surface area contributed by atoms with Gasteiger partial charge in [-0.1, -0.05) is 27.7 Å². The maximum Gasteiger partial charge on any atom is 0.290 e. The smallest absolute Gasteiger partial charge is 0.290 e. The van der Waals surface area contributed by atoms with Gasteiger partial charge in [-0.15, -0.1) is 0 Å². The van der Waals surface area contributed by atoms with Crippen LogP contribution in [0.1, 0.15) is 46.7 Å². The Bertz CT molecular complexity index is 421. The SMILES string of the molecule is CCCn1c(=O)c(N)c(C(C)(C)C)n1CC. The second-order valence-electron chi connectivity index (χ2n) is 5.16. The van der Waals surface area contributed by atoms with Gasteiger partial charge >= 0.3 is 0 Å². The van der Waals surface area contributed by atoms with Crippen LogP contribution in [0.4, 0.5) is 5.69 Å². The first kappa shape index (κ1) is 12.9. The van der Waals surface area contributed by atoms with Crippen molar-refractivity contribution in [2.45, 2.75) is 59.5 Å². The number of nitrogens with zero attached hydrogens (tertiary/aromatic N) is 2. The highest BCUT2D eigenvalue weighted by atomic mass is 16.1. The molecule has 0 spiro atoms. The Morgan fingerprint density at radius 1 is 1.19 bits per heavy atom. The molecule has 0 atom stereocenters.